The van der Waals surface area contributed by atoms with Crippen LogP contribution in [0.3, 0.4) is 0 Å². The van der Waals surface area contributed by atoms with Gasteiger partial charge in [0.1, 0.15) is 17.2 Å². The summed E-state index contributed by atoms with van der Waals surface area (Å²) >= 11 is 0. The minimum absolute atomic E-state index is 0.0514. The van der Waals surface area contributed by atoms with Crippen molar-refractivity contribution < 1.29 is 46.9 Å². The van der Waals surface area contributed by atoms with E-state index >= 15 is 4.57 Å². The molecule has 0 aliphatic heterocycles. The number of carbonyl (C=O) groups excluding carboxylic acids is 6. The third kappa shape index (κ3) is 16.8. The van der Waals surface area contributed by atoms with Crippen LogP contribution in [0, 0.1) is 0 Å². The predicted octanol–water partition coefficient (Wildman–Crippen LogP) is 8.75. The Labute approximate surface area is 422 Å². The normalized spacial score (nSPS) is 15.3. The SMILES string of the molecule is CC(C)NC(C)C(=O)c1cccc(OP(=O)(Oc2cccc(C(=O)C(C)NC(C)C)c2C(=O)C(C)NC(C)C)Oc2cccc(C(=O)C(C)NC(C)C)c2C(=O)C(C)NC(C)C)c1C(=O)C(C)NC(C)C. The van der Waals surface area contributed by atoms with Crippen LogP contribution in [-0.2, 0) is 4.57 Å². The number of ketones is 6. The van der Waals surface area contributed by atoms with Crippen molar-refractivity contribution in [2.24, 2.45) is 0 Å². The number of phosphoric ester groups is 1. The molecule has 0 aliphatic rings. The molecule has 0 fully saturated rings. The van der Waals surface area contributed by atoms with E-state index in [1.54, 1.807) is 41.5 Å². The maximum atomic E-state index is 16.2. The number of phosphoric acid groups is 1. The van der Waals surface area contributed by atoms with Crippen molar-refractivity contribution in [3.63, 3.8) is 0 Å². The van der Waals surface area contributed by atoms with Crippen LogP contribution in [0.2, 0.25) is 0 Å². The van der Waals surface area contributed by atoms with Crippen molar-refractivity contribution >= 4 is 42.5 Å². The predicted molar refractivity (Wildman–Crippen MR) is 281 cm³/mol. The van der Waals surface area contributed by atoms with Crippen LogP contribution in [-0.4, -0.2) is 107 Å². The van der Waals surface area contributed by atoms with Gasteiger partial charge in [0.2, 0.25) is 0 Å². The lowest BCUT2D eigenvalue weighted by Crippen LogP contribution is -2.41. The molecule has 3 aromatic rings. The number of rotatable bonds is 30. The lowest BCUT2D eigenvalue weighted by Gasteiger charge is -2.27. The van der Waals surface area contributed by atoms with Crippen LogP contribution in [0.4, 0.5) is 0 Å². The van der Waals surface area contributed by atoms with Gasteiger partial charge in [0.25, 0.3) is 0 Å². The fourth-order valence-electron chi connectivity index (χ4n) is 8.42. The molecule has 0 saturated carbocycles. The minimum atomic E-state index is -5.45. The van der Waals surface area contributed by atoms with Gasteiger partial charge in [0.15, 0.2) is 34.7 Å². The molecule has 3 rings (SSSR count). The number of nitrogens with one attached hydrogen (secondary N) is 6. The summed E-state index contributed by atoms with van der Waals surface area (Å²) in [5, 5.41) is 19.1. The van der Waals surface area contributed by atoms with Crippen LogP contribution >= 0.6 is 7.82 Å². The number of Topliss-reactive ketones (excluding diaryl/α,β-unsaturated/α-hetero) is 6. The van der Waals surface area contributed by atoms with Crippen LogP contribution in [0.5, 0.6) is 17.2 Å². The Kier molecular flexibility index (Phi) is 22.7. The van der Waals surface area contributed by atoms with Gasteiger partial charge >= 0.3 is 7.82 Å². The zero-order chi connectivity index (χ0) is 53.8. The van der Waals surface area contributed by atoms with Crippen molar-refractivity contribution in [2.45, 2.75) is 197 Å². The number of hydrogen-bond donors (Lipinski definition) is 6. The van der Waals surface area contributed by atoms with Gasteiger partial charge in [-0.05, 0) is 59.7 Å². The number of benzene rings is 3. The standard InChI is InChI=1S/C54H81N6O10P/c1-28(2)55-34(13)49(61)40-22-19-25-43(46(40)52(64)37(16)58-31(7)8)68-71(67,69-44-26-20-23-41(50(62)35(14)56-29(3)4)47(44)53(65)38(17)59-32(9)10)70-45-27-21-24-42(51(63)36(15)57-30(5)6)48(45)54(66)39(18)60-33(11)12/h19-39,55-60H,1-18H3. The Morgan fingerprint density at radius 1 is 0.324 bits per heavy atom. The van der Waals surface area contributed by atoms with E-state index in [2.05, 4.69) is 31.9 Å². The van der Waals surface area contributed by atoms with Crippen LogP contribution in [0.25, 0.3) is 0 Å². The number of hydrogen-bond acceptors (Lipinski definition) is 16. The molecule has 0 aromatic heterocycles. The van der Waals surface area contributed by atoms with Gasteiger partial charge in [-0.1, -0.05) is 119 Å². The summed E-state index contributed by atoms with van der Waals surface area (Å²) < 4.78 is 35.5. The monoisotopic (exact) mass is 1000 g/mol. The first-order valence-corrected chi connectivity index (χ1v) is 26.3. The van der Waals surface area contributed by atoms with E-state index in [-0.39, 0.29) is 86.9 Å². The Hall–Kier alpha value is -4.93. The van der Waals surface area contributed by atoms with E-state index in [1.165, 1.54) is 54.6 Å². The van der Waals surface area contributed by atoms with E-state index in [4.69, 9.17) is 13.6 Å². The Morgan fingerprint density at radius 3 is 0.690 bits per heavy atom. The summed E-state index contributed by atoms with van der Waals surface area (Å²) in [6.07, 6.45) is 0. The first-order chi connectivity index (χ1) is 33.0. The molecule has 16 nitrogen and oxygen atoms in total. The highest BCUT2D eigenvalue weighted by atomic mass is 31.2. The maximum absolute atomic E-state index is 16.2. The molecule has 0 bridgehead atoms. The molecule has 71 heavy (non-hydrogen) atoms. The molecule has 0 amide bonds. The third-order valence-corrected chi connectivity index (χ3v) is 12.4. The average Bonchev–Trinajstić information content (AvgIpc) is 3.25. The lowest BCUT2D eigenvalue weighted by molar-refractivity contribution is 0.0909. The lowest BCUT2D eigenvalue weighted by atomic mass is 9.93. The maximum Gasteiger partial charge on any atom is 0.647 e. The van der Waals surface area contributed by atoms with Crippen molar-refractivity contribution in [3.05, 3.63) is 88.0 Å². The van der Waals surface area contributed by atoms with E-state index in [0.29, 0.717) is 0 Å². The zero-order valence-corrected chi connectivity index (χ0v) is 46.0. The van der Waals surface area contributed by atoms with Crippen molar-refractivity contribution in [2.75, 3.05) is 0 Å². The van der Waals surface area contributed by atoms with Crippen molar-refractivity contribution in [1.82, 2.24) is 31.9 Å². The molecule has 392 valence electrons. The molecular formula is C54H81N6O10P. The van der Waals surface area contributed by atoms with E-state index in [9.17, 15) is 28.8 Å². The third-order valence-electron chi connectivity index (χ3n) is 11.1. The van der Waals surface area contributed by atoms with Gasteiger partial charge in [-0.2, -0.15) is 4.57 Å². The van der Waals surface area contributed by atoms with Gasteiger partial charge in [-0.15, -0.1) is 0 Å². The fourth-order valence-corrected chi connectivity index (χ4v) is 9.71. The molecule has 6 unspecified atom stereocenters. The molecule has 3 aromatic carbocycles. The first-order valence-electron chi connectivity index (χ1n) is 24.9. The molecule has 0 aliphatic carbocycles. The summed E-state index contributed by atoms with van der Waals surface area (Å²) in [7, 11) is -5.45. The second-order valence-electron chi connectivity index (χ2n) is 20.2. The first kappa shape index (κ1) is 60.4. The molecule has 6 N–H and O–H groups in total. The van der Waals surface area contributed by atoms with E-state index < -0.39 is 78.8 Å². The zero-order valence-electron chi connectivity index (χ0n) is 45.2. The fraction of sp³-hybridized carbons (Fsp3) is 0.556. The molecule has 0 saturated heterocycles. The largest absolute Gasteiger partial charge is 0.647 e. The topological polar surface area (TPSA) is 219 Å². The van der Waals surface area contributed by atoms with Gasteiger partial charge < -0.3 is 45.5 Å². The summed E-state index contributed by atoms with van der Waals surface area (Å²) in [4.78, 5) is 87.2. The second kappa shape index (κ2) is 26.7. The highest BCUT2D eigenvalue weighted by Gasteiger charge is 2.42. The summed E-state index contributed by atoms with van der Waals surface area (Å²) in [6.45, 7) is 32.2. The van der Waals surface area contributed by atoms with Gasteiger partial charge in [-0.25, -0.2) is 0 Å². The Bertz CT molecular complexity index is 2160. The van der Waals surface area contributed by atoms with E-state index in [1.807, 2.05) is 83.1 Å². The molecular weight excluding hydrogens is 924 g/mol. The highest BCUT2D eigenvalue weighted by Crippen LogP contribution is 2.53. The van der Waals surface area contributed by atoms with Crippen LogP contribution < -0.4 is 45.5 Å². The van der Waals surface area contributed by atoms with Gasteiger partial charge in [0, 0.05) is 52.9 Å². The number of carbonyl (C=O) groups is 6. The molecule has 0 spiro atoms. The Morgan fingerprint density at radius 2 is 0.507 bits per heavy atom. The molecule has 0 radical (unpaired) electrons. The van der Waals surface area contributed by atoms with E-state index in [0.717, 1.165) is 0 Å². The quantitative estimate of drug-likeness (QED) is 0.0272. The second-order valence-corrected chi connectivity index (χ2v) is 21.6. The van der Waals surface area contributed by atoms with Crippen molar-refractivity contribution in [1.29, 1.82) is 0 Å². The summed E-state index contributed by atoms with van der Waals surface area (Å²) in [5.74, 6) is -4.31. The van der Waals surface area contributed by atoms with Gasteiger partial charge in [0.05, 0.1) is 52.9 Å². The molecule has 6 atom stereocenters. The minimum Gasteiger partial charge on any atom is -0.385 e. The molecule has 0 heterocycles. The molecule has 17 heteroatoms. The average molecular weight is 1010 g/mol. The Balaban J connectivity index is 2.59. The van der Waals surface area contributed by atoms with Crippen molar-refractivity contribution in [3.8, 4) is 17.2 Å². The smallest absolute Gasteiger partial charge is 0.385 e. The summed E-state index contributed by atoms with van der Waals surface area (Å²) in [5.41, 5.74) is -0.876. The summed E-state index contributed by atoms with van der Waals surface area (Å²) in [6, 6.07) is 6.92. The van der Waals surface area contributed by atoms with Crippen LogP contribution in [0.15, 0.2) is 54.6 Å². The van der Waals surface area contributed by atoms with Crippen LogP contribution in [0.1, 0.15) is 187 Å². The highest BCUT2D eigenvalue weighted by molar-refractivity contribution is 7.49. The van der Waals surface area contributed by atoms with Gasteiger partial charge in [-0.3, -0.25) is 28.8 Å².